The molecule has 2 rings (SSSR count). The summed E-state index contributed by atoms with van der Waals surface area (Å²) in [6, 6.07) is 13.6. The van der Waals surface area contributed by atoms with E-state index >= 15 is 0 Å². The minimum absolute atomic E-state index is 0.121. The molecule has 0 radical (unpaired) electrons. The lowest BCUT2D eigenvalue weighted by atomic mass is 9.95. The van der Waals surface area contributed by atoms with Crippen LogP contribution < -0.4 is 0 Å². The zero-order chi connectivity index (χ0) is 13.2. The quantitative estimate of drug-likeness (QED) is 0.878. The van der Waals surface area contributed by atoms with Gasteiger partial charge >= 0.3 is 0 Å². The van der Waals surface area contributed by atoms with Gasteiger partial charge in [0.05, 0.1) is 6.61 Å². The molecule has 1 N–H and O–H groups in total. The molecule has 0 spiro atoms. The smallest absolute Gasteiger partial charge is 0.158 e. The van der Waals surface area contributed by atoms with Crippen LogP contribution >= 0.6 is 0 Å². The van der Waals surface area contributed by atoms with Crippen molar-refractivity contribution < 1.29 is 13.9 Å². The number of alkyl halides is 1. The van der Waals surface area contributed by atoms with E-state index in [4.69, 9.17) is 5.11 Å². The third-order valence-electron chi connectivity index (χ3n) is 2.93. The van der Waals surface area contributed by atoms with Gasteiger partial charge in [-0.3, -0.25) is 0 Å². The summed E-state index contributed by atoms with van der Waals surface area (Å²) in [6.45, 7) is 0.419. The van der Waals surface area contributed by atoms with Gasteiger partial charge in [0, 0.05) is 5.56 Å². The van der Waals surface area contributed by atoms with Crippen LogP contribution in [0, 0.1) is 5.82 Å². The zero-order valence-corrected chi connectivity index (χ0v) is 10.0. The van der Waals surface area contributed by atoms with Gasteiger partial charge in [0.2, 0.25) is 0 Å². The van der Waals surface area contributed by atoms with Crippen LogP contribution in [-0.4, -0.2) is 11.7 Å². The van der Waals surface area contributed by atoms with Gasteiger partial charge in [0.15, 0.2) is 5.67 Å². The second-order valence-corrected chi connectivity index (χ2v) is 4.42. The van der Waals surface area contributed by atoms with Crippen LogP contribution in [0.5, 0.6) is 0 Å². The molecule has 94 valence electrons. The molecule has 0 amide bonds. The Balaban J connectivity index is 2.43. The lowest BCUT2D eigenvalue weighted by molar-refractivity contribution is 0.0833. The minimum atomic E-state index is -2.06. The lowest BCUT2D eigenvalue weighted by Crippen LogP contribution is -2.21. The fourth-order valence-corrected chi connectivity index (χ4v) is 1.83. The van der Waals surface area contributed by atoms with Crippen molar-refractivity contribution >= 4 is 0 Å². The predicted molar refractivity (Wildman–Crippen MR) is 67.4 cm³/mol. The number of rotatable bonds is 3. The summed E-state index contributed by atoms with van der Waals surface area (Å²) in [5.74, 6) is -0.643. The van der Waals surface area contributed by atoms with Crippen molar-refractivity contribution in [3.05, 3.63) is 59.9 Å². The highest BCUT2D eigenvalue weighted by Crippen LogP contribution is 2.30. The molecule has 0 aliphatic rings. The molecule has 0 aliphatic carbocycles. The van der Waals surface area contributed by atoms with Gasteiger partial charge in [0.1, 0.15) is 5.82 Å². The van der Waals surface area contributed by atoms with Crippen molar-refractivity contribution in [2.45, 2.75) is 12.6 Å². The van der Waals surface area contributed by atoms with E-state index in [0.717, 1.165) is 12.5 Å². The topological polar surface area (TPSA) is 20.2 Å². The zero-order valence-electron chi connectivity index (χ0n) is 10.0. The van der Waals surface area contributed by atoms with Gasteiger partial charge in [-0.2, -0.15) is 0 Å². The maximum absolute atomic E-state index is 13.9. The van der Waals surface area contributed by atoms with Crippen LogP contribution in [0.3, 0.4) is 0 Å². The fraction of sp³-hybridized carbons (Fsp3) is 0.200. The summed E-state index contributed by atoms with van der Waals surface area (Å²) in [4.78, 5) is 0. The van der Waals surface area contributed by atoms with Crippen molar-refractivity contribution in [3.63, 3.8) is 0 Å². The second-order valence-electron chi connectivity index (χ2n) is 4.42. The summed E-state index contributed by atoms with van der Waals surface area (Å²) in [6.07, 6.45) is 0. The molecule has 0 aromatic heterocycles. The molecule has 0 saturated carbocycles. The first-order valence-electron chi connectivity index (χ1n) is 5.70. The van der Waals surface area contributed by atoms with Crippen molar-refractivity contribution in [1.82, 2.24) is 0 Å². The van der Waals surface area contributed by atoms with E-state index in [1.165, 1.54) is 12.1 Å². The summed E-state index contributed by atoms with van der Waals surface area (Å²) in [5, 5.41) is 8.92. The number of benzene rings is 2. The molecule has 0 unspecified atom stereocenters. The van der Waals surface area contributed by atoms with Crippen LogP contribution in [0.25, 0.3) is 11.1 Å². The normalized spacial score (nSPS) is 14.2. The molecule has 0 bridgehead atoms. The van der Waals surface area contributed by atoms with Crippen LogP contribution in [0.15, 0.2) is 48.5 Å². The largest absolute Gasteiger partial charge is 0.393 e. The molecule has 2 aromatic carbocycles. The highest BCUT2D eigenvalue weighted by molar-refractivity contribution is 5.63. The van der Waals surface area contributed by atoms with E-state index in [9.17, 15) is 8.78 Å². The van der Waals surface area contributed by atoms with Gasteiger partial charge in [-0.25, -0.2) is 8.78 Å². The average molecular weight is 248 g/mol. The van der Waals surface area contributed by atoms with Gasteiger partial charge in [-0.05, 0) is 24.1 Å². The number of halogens is 2. The summed E-state index contributed by atoms with van der Waals surface area (Å²) < 4.78 is 27.7. The maximum atomic E-state index is 13.9. The molecular formula is C15H14F2O. The molecular weight excluding hydrogens is 234 g/mol. The molecule has 18 heavy (non-hydrogen) atoms. The Kier molecular flexibility index (Phi) is 3.43. The summed E-state index contributed by atoms with van der Waals surface area (Å²) >= 11 is 0. The van der Waals surface area contributed by atoms with E-state index in [-0.39, 0.29) is 5.56 Å². The molecule has 1 atom stereocenters. The summed E-state index contributed by atoms with van der Waals surface area (Å²) in [7, 11) is 0. The van der Waals surface area contributed by atoms with Gasteiger partial charge < -0.3 is 5.11 Å². The van der Waals surface area contributed by atoms with Gasteiger partial charge in [-0.15, -0.1) is 0 Å². The van der Waals surface area contributed by atoms with E-state index in [0.29, 0.717) is 5.56 Å². The monoisotopic (exact) mass is 248 g/mol. The van der Waals surface area contributed by atoms with E-state index < -0.39 is 18.1 Å². The molecule has 0 fully saturated rings. The fourth-order valence-electron chi connectivity index (χ4n) is 1.83. The van der Waals surface area contributed by atoms with Crippen LogP contribution in [-0.2, 0) is 5.67 Å². The van der Waals surface area contributed by atoms with Crippen LogP contribution in [0.1, 0.15) is 12.5 Å². The minimum Gasteiger partial charge on any atom is -0.393 e. The Hall–Kier alpha value is -1.74. The lowest BCUT2D eigenvalue weighted by Gasteiger charge is -2.19. The molecule has 0 heterocycles. The first kappa shape index (κ1) is 12.7. The molecule has 1 nitrogen and oxygen atoms in total. The molecule has 0 saturated heterocycles. The van der Waals surface area contributed by atoms with Crippen LogP contribution in [0.4, 0.5) is 8.78 Å². The Morgan fingerprint density at radius 3 is 2.28 bits per heavy atom. The number of hydrogen-bond donors (Lipinski definition) is 1. The third kappa shape index (κ3) is 2.41. The van der Waals surface area contributed by atoms with Crippen molar-refractivity contribution in [2.24, 2.45) is 0 Å². The standard InChI is InChI=1S/C15H14F2O/c1-15(17,10-18)13-8-7-12(9-14(13)16)11-5-3-2-4-6-11/h2-9,18H,10H2,1H3/t15-/m1/s1. The van der Waals surface area contributed by atoms with E-state index in [1.54, 1.807) is 6.07 Å². The third-order valence-corrected chi connectivity index (χ3v) is 2.93. The number of hydrogen-bond acceptors (Lipinski definition) is 1. The number of aliphatic hydroxyl groups is 1. The van der Waals surface area contributed by atoms with Gasteiger partial charge in [0.25, 0.3) is 0 Å². The highest BCUT2D eigenvalue weighted by atomic mass is 19.1. The predicted octanol–water partition coefficient (Wildman–Crippen LogP) is 3.67. The Bertz CT molecular complexity index is 535. The molecule has 3 heteroatoms. The van der Waals surface area contributed by atoms with Gasteiger partial charge in [-0.1, -0.05) is 42.5 Å². The highest BCUT2D eigenvalue weighted by Gasteiger charge is 2.28. The van der Waals surface area contributed by atoms with E-state index in [1.807, 2.05) is 30.3 Å². The first-order chi connectivity index (χ1) is 8.54. The molecule has 0 aliphatic heterocycles. The average Bonchev–Trinajstić information content (AvgIpc) is 2.39. The van der Waals surface area contributed by atoms with Crippen LogP contribution in [0.2, 0.25) is 0 Å². The Morgan fingerprint density at radius 2 is 1.72 bits per heavy atom. The second kappa shape index (κ2) is 4.86. The molecule has 2 aromatic rings. The number of aliphatic hydroxyl groups excluding tert-OH is 1. The Morgan fingerprint density at radius 1 is 1.06 bits per heavy atom. The SMILES string of the molecule is C[C@@](F)(CO)c1ccc(-c2ccccc2)cc1F. The summed E-state index contributed by atoms with van der Waals surface area (Å²) in [5.41, 5.74) is -0.623. The van der Waals surface area contributed by atoms with Crippen molar-refractivity contribution in [2.75, 3.05) is 6.61 Å². The Labute approximate surface area is 105 Å². The van der Waals surface area contributed by atoms with E-state index in [2.05, 4.69) is 0 Å². The van der Waals surface area contributed by atoms with Crippen molar-refractivity contribution in [1.29, 1.82) is 0 Å². The maximum Gasteiger partial charge on any atom is 0.158 e. The van der Waals surface area contributed by atoms with Crippen molar-refractivity contribution in [3.8, 4) is 11.1 Å². The first-order valence-corrected chi connectivity index (χ1v) is 5.70.